The number of hydrogen-bond donors (Lipinski definition) is 2. The molecule has 2 aromatic carbocycles. The minimum absolute atomic E-state index is 0.0182. The maximum atomic E-state index is 10.4. The van der Waals surface area contributed by atoms with E-state index in [2.05, 4.69) is 10.1 Å². The summed E-state index contributed by atoms with van der Waals surface area (Å²) in [6.45, 7) is 0. The smallest absolute Gasteiger partial charge is 0.128 e. The number of aromatic nitrogens is 3. The van der Waals surface area contributed by atoms with E-state index in [9.17, 15) is 10.2 Å². The first-order valence-corrected chi connectivity index (χ1v) is 8.94. The highest BCUT2D eigenvalue weighted by Crippen LogP contribution is 2.37. The molecule has 0 aliphatic heterocycles. The maximum absolute atomic E-state index is 10.4. The lowest BCUT2D eigenvalue weighted by atomic mass is 10.0. The van der Waals surface area contributed by atoms with Crippen LogP contribution in [0.1, 0.15) is 11.1 Å². The molecule has 2 aromatic heterocycles. The first-order valence-electron chi connectivity index (χ1n) is 8.57. The molecule has 4 rings (SSSR count). The average Bonchev–Trinajstić information content (AvgIpc) is 3.18. The molecule has 5 nitrogen and oxygen atoms in total. The molecule has 138 valence electrons. The molecule has 0 unspecified atom stereocenters. The molecule has 0 saturated heterocycles. The quantitative estimate of drug-likeness (QED) is 0.505. The standard InChI is InChI=1S/C22H16ClN3O2/c23-18-3-1-2-4-20(18)26-19(9-12-25-26)17-13-16(21(27)14-22(17)28)6-5-15-7-10-24-11-8-15/h1-14,27-28H/b6-5+. The van der Waals surface area contributed by atoms with Crippen LogP contribution in [0.4, 0.5) is 0 Å². The molecule has 0 atom stereocenters. The Labute approximate surface area is 166 Å². The predicted octanol–water partition coefficient (Wildman–Crippen LogP) is 5.17. The topological polar surface area (TPSA) is 71.2 Å². The van der Waals surface area contributed by atoms with E-state index < -0.39 is 0 Å². The molecule has 4 aromatic rings. The van der Waals surface area contributed by atoms with Crippen molar-refractivity contribution >= 4 is 23.8 Å². The van der Waals surface area contributed by atoms with Crippen molar-refractivity contribution in [1.82, 2.24) is 14.8 Å². The van der Waals surface area contributed by atoms with Crippen molar-refractivity contribution in [2.45, 2.75) is 0 Å². The Morgan fingerprint density at radius 2 is 1.64 bits per heavy atom. The first kappa shape index (κ1) is 17.8. The van der Waals surface area contributed by atoms with Gasteiger partial charge in [-0.3, -0.25) is 4.98 Å². The molecule has 0 fully saturated rings. The summed E-state index contributed by atoms with van der Waals surface area (Å²) < 4.78 is 1.66. The molecule has 0 bridgehead atoms. The van der Waals surface area contributed by atoms with Crippen LogP contribution in [0.15, 0.2) is 73.2 Å². The Morgan fingerprint density at radius 1 is 0.857 bits per heavy atom. The molecule has 2 heterocycles. The third-order valence-electron chi connectivity index (χ3n) is 4.31. The van der Waals surface area contributed by atoms with Crippen LogP contribution in [-0.4, -0.2) is 25.0 Å². The molecule has 6 heteroatoms. The van der Waals surface area contributed by atoms with E-state index in [1.54, 1.807) is 47.5 Å². The largest absolute Gasteiger partial charge is 0.507 e. The van der Waals surface area contributed by atoms with Crippen LogP contribution in [0.5, 0.6) is 11.5 Å². The van der Waals surface area contributed by atoms with Crippen LogP contribution in [-0.2, 0) is 0 Å². The van der Waals surface area contributed by atoms with Gasteiger partial charge in [-0.05, 0) is 42.0 Å². The molecule has 28 heavy (non-hydrogen) atoms. The van der Waals surface area contributed by atoms with Crippen molar-refractivity contribution in [1.29, 1.82) is 0 Å². The summed E-state index contributed by atoms with van der Waals surface area (Å²) in [4.78, 5) is 3.99. The normalized spacial score (nSPS) is 11.2. The number of nitrogens with zero attached hydrogens (tertiary/aromatic N) is 3. The number of hydrogen-bond acceptors (Lipinski definition) is 4. The van der Waals surface area contributed by atoms with Crippen molar-refractivity contribution in [3.63, 3.8) is 0 Å². The van der Waals surface area contributed by atoms with Crippen LogP contribution < -0.4 is 0 Å². The second-order valence-corrected chi connectivity index (χ2v) is 6.53. The molecule has 0 amide bonds. The summed E-state index contributed by atoms with van der Waals surface area (Å²) in [5.41, 5.74) is 3.40. The third-order valence-corrected chi connectivity index (χ3v) is 4.63. The van der Waals surface area contributed by atoms with Crippen LogP contribution in [0.2, 0.25) is 5.02 Å². The maximum Gasteiger partial charge on any atom is 0.128 e. The Kier molecular flexibility index (Phi) is 4.83. The van der Waals surface area contributed by atoms with Gasteiger partial charge in [0.15, 0.2) is 0 Å². The fraction of sp³-hybridized carbons (Fsp3) is 0. The lowest BCUT2D eigenvalue weighted by Gasteiger charge is -2.12. The summed E-state index contributed by atoms with van der Waals surface area (Å²) in [7, 11) is 0. The lowest BCUT2D eigenvalue weighted by molar-refractivity contribution is 0.451. The van der Waals surface area contributed by atoms with Gasteiger partial charge in [0.05, 0.1) is 22.6 Å². The van der Waals surface area contributed by atoms with E-state index in [1.165, 1.54) is 6.07 Å². The summed E-state index contributed by atoms with van der Waals surface area (Å²) in [5.74, 6) is -0.0669. The summed E-state index contributed by atoms with van der Waals surface area (Å²) in [5, 5.41) is 25.6. The highest BCUT2D eigenvalue weighted by Gasteiger charge is 2.15. The molecule has 2 N–H and O–H groups in total. The van der Waals surface area contributed by atoms with Gasteiger partial charge in [-0.2, -0.15) is 5.10 Å². The van der Waals surface area contributed by atoms with Gasteiger partial charge < -0.3 is 10.2 Å². The number of phenols is 2. The number of rotatable bonds is 4. The molecule has 0 aliphatic carbocycles. The summed E-state index contributed by atoms with van der Waals surface area (Å²) in [6.07, 6.45) is 8.68. The third kappa shape index (κ3) is 3.48. The van der Waals surface area contributed by atoms with Gasteiger partial charge in [0.25, 0.3) is 0 Å². The van der Waals surface area contributed by atoms with Gasteiger partial charge >= 0.3 is 0 Å². The van der Waals surface area contributed by atoms with Crippen molar-refractivity contribution in [2.75, 3.05) is 0 Å². The van der Waals surface area contributed by atoms with Crippen LogP contribution in [0.3, 0.4) is 0 Å². The number of pyridine rings is 1. The van der Waals surface area contributed by atoms with Gasteiger partial charge in [-0.25, -0.2) is 4.68 Å². The summed E-state index contributed by atoms with van der Waals surface area (Å²) in [6, 6.07) is 15.9. The van der Waals surface area contributed by atoms with E-state index in [0.717, 1.165) is 5.56 Å². The monoisotopic (exact) mass is 389 g/mol. The van der Waals surface area contributed by atoms with Gasteiger partial charge in [0.1, 0.15) is 11.5 Å². The fourth-order valence-corrected chi connectivity index (χ4v) is 3.13. The van der Waals surface area contributed by atoms with Crippen LogP contribution >= 0.6 is 11.6 Å². The summed E-state index contributed by atoms with van der Waals surface area (Å²) >= 11 is 6.31. The number of para-hydroxylation sites is 1. The minimum Gasteiger partial charge on any atom is -0.507 e. The first-order chi connectivity index (χ1) is 13.6. The van der Waals surface area contributed by atoms with Crippen LogP contribution in [0, 0.1) is 0 Å². The molecule has 0 spiro atoms. The zero-order chi connectivity index (χ0) is 19.5. The van der Waals surface area contributed by atoms with Crippen molar-refractivity contribution in [3.8, 4) is 28.4 Å². The van der Waals surface area contributed by atoms with E-state index in [0.29, 0.717) is 27.5 Å². The molecule has 0 aliphatic rings. The van der Waals surface area contributed by atoms with Crippen molar-refractivity contribution in [3.05, 3.63) is 89.3 Å². The van der Waals surface area contributed by atoms with Gasteiger partial charge in [0, 0.05) is 29.6 Å². The number of halogens is 1. The zero-order valence-electron chi connectivity index (χ0n) is 14.7. The molecular weight excluding hydrogens is 374 g/mol. The highest BCUT2D eigenvalue weighted by atomic mass is 35.5. The number of benzene rings is 2. The van der Waals surface area contributed by atoms with E-state index >= 15 is 0 Å². The fourth-order valence-electron chi connectivity index (χ4n) is 2.92. The zero-order valence-corrected chi connectivity index (χ0v) is 15.5. The molecule has 0 saturated carbocycles. The SMILES string of the molecule is Oc1cc(O)c(-c2ccnn2-c2ccccc2Cl)cc1/C=C/c1ccncc1. The lowest BCUT2D eigenvalue weighted by Crippen LogP contribution is -2.00. The highest BCUT2D eigenvalue weighted by molar-refractivity contribution is 6.32. The number of aromatic hydroxyl groups is 2. The number of phenolic OH excluding ortho intramolecular Hbond substituents is 2. The second kappa shape index (κ2) is 7.58. The molecule has 0 radical (unpaired) electrons. The van der Waals surface area contributed by atoms with E-state index in [1.807, 2.05) is 36.4 Å². The average molecular weight is 390 g/mol. The van der Waals surface area contributed by atoms with Crippen molar-refractivity contribution in [2.24, 2.45) is 0 Å². The second-order valence-electron chi connectivity index (χ2n) is 6.12. The van der Waals surface area contributed by atoms with Gasteiger partial charge in [-0.1, -0.05) is 35.9 Å². The van der Waals surface area contributed by atoms with Gasteiger partial charge in [-0.15, -0.1) is 0 Å². The minimum atomic E-state index is -0.0487. The Balaban J connectivity index is 1.79. The van der Waals surface area contributed by atoms with Crippen LogP contribution in [0.25, 0.3) is 29.1 Å². The van der Waals surface area contributed by atoms with E-state index in [4.69, 9.17) is 11.6 Å². The van der Waals surface area contributed by atoms with Crippen molar-refractivity contribution < 1.29 is 10.2 Å². The molecular formula is C22H16ClN3O2. The van der Waals surface area contributed by atoms with Gasteiger partial charge in [0.2, 0.25) is 0 Å². The predicted molar refractivity (Wildman–Crippen MR) is 111 cm³/mol. The van der Waals surface area contributed by atoms with E-state index in [-0.39, 0.29) is 11.5 Å². The Bertz CT molecular complexity index is 1150. The Morgan fingerprint density at radius 3 is 2.43 bits per heavy atom. The Hall–Kier alpha value is -3.57.